The van der Waals surface area contributed by atoms with Crippen LogP contribution in [0.1, 0.15) is 10.5 Å². The average molecular weight is 326 g/mol. The molecule has 0 aliphatic carbocycles. The van der Waals surface area contributed by atoms with Crippen LogP contribution in [0.3, 0.4) is 0 Å². The van der Waals surface area contributed by atoms with Crippen LogP contribution in [0.15, 0.2) is 65.6 Å². The molecular formula is C16H14N4O2S. The number of amides is 1. The summed E-state index contributed by atoms with van der Waals surface area (Å²) < 4.78 is 3.27. The number of nitrogens with zero attached hydrogens (tertiary/aromatic N) is 1. The number of nitrogens with one attached hydrogen (secondary N) is 3. The molecule has 0 bridgehead atoms. The van der Waals surface area contributed by atoms with Crippen LogP contribution >= 0.6 is 11.9 Å². The molecule has 0 fully saturated rings. The molecule has 0 saturated heterocycles. The molecule has 1 amide bonds. The molecule has 7 heteroatoms. The van der Waals surface area contributed by atoms with E-state index < -0.39 is 5.91 Å². The van der Waals surface area contributed by atoms with E-state index >= 15 is 0 Å². The molecule has 23 heavy (non-hydrogen) atoms. The van der Waals surface area contributed by atoms with E-state index in [-0.39, 0.29) is 5.69 Å². The van der Waals surface area contributed by atoms with Crippen molar-refractivity contribution in [2.75, 3.05) is 4.72 Å². The number of benzene rings is 2. The average Bonchev–Trinajstić information content (AvgIpc) is 3.11. The Balaban J connectivity index is 1.74. The summed E-state index contributed by atoms with van der Waals surface area (Å²) in [7, 11) is 0. The second-order valence-corrected chi connectivity index (χ2v) is 5.59. The number of aromatic amines is 1. The summed E-state index contributed by atoms with van der Waals surface area (Å²) in [5, 5.41) is 15.3. The Kier molecular flexibility index (Phi) is 4.60. The van der Waals surface area contributed by atoms with Crippen LogP contribution < -0.4 is 10.2 Å². The Labute approximate surface area is 137 Å². The van der Waals surface area contributed by atoms with Crippen LogP contribution in [-0.4, -0.2) is 21.3 Å². The minimum Gasteiger partial charge on any atom is -0.326 e. The van der Waals surface area contributed by atoms with Crippen LogP contribution in [0.5, 0.6) is 0 Å². The Morgan fingerprint density at radius 1 is 1.09 bits per heavy atom. The van der Waals surface area contributed by atoms with Gasteiger partial charge in [0, 0.05) is 16.1 Å². The second kappa shape index (κ2) is 6.99. The van der Waals surface area contributed by atoms with E-state index in [1.807, 2.05) is 54.6 Å². The summed E-state index contributed by atoms with van der Waals surface area (Å²) in [6.45, 7) is 0. The van der Waals surface area contributed by atoms with E-state index in [1.54, 1.807) is 11.5 Å². The first-order chi connectivity index (χ1) is 11.3. The number of anilines is 1. The summed E-state index contributed by atoms with van der Waals surface area (Å²) in [5.74, 6) is -0.627. The predicted octanol–water partition coefficient (Wildman–Crippen LogP) is 3.31. The maximum Gasteiger partial charge on any atom is 0.292 e. The van der Waals surface area contributed by atoms with E-state index in [1.165, 1.54) is 11.9 Å². The lowest BCUT2D eigenvalue weighted by Crippen LogP contribution is -2.18. The minimum absolute atomic E-state index is 0.194. The molecule has 0 unspecified atom stereocenters. The zero-order valence-corrected chi connectivity index (χ0v) is 12.8. The maximum absolute atomic E-state index is 11.3. The molecule has 6 nitrogen and oxygen atoms in total. The van der Waals surface area contributed by atoms with E-state index in [9.17, 15) is 4.79 Å². The highest BCUT2D eigenvalue weighted by Gasteiger charge is 2.10. The summed E-state index contributed by atoms with van der Waals surface area (Å²) in [4.78, 5) is 12.4. The van der Waals surface area contributed by atoms with Gasteiger partial charge in [-0.05, 0) is 42.3 Å². The molecule has 0 atom stereocenters. The Morgan fingerprint density at radius 3 is 2.70 bits per heavy atom. The van der Waals surface area contributed by atoms with Gasteiger partial charge in [0.2, 0.25) is 0 Å². The number of carbonyl (C=O) groups excluding carboxylic acids is 1. The van der Waals surface area contributed by atoms with Crippen molar-refractivity contribution in [3.63, 3.8) is 0 Å². The lowest BCUT2D eigenvalue weighted by Gasteiger charge is -2.06. The standard InChI is InChI=1S/C16H14N4O2S/c21-16(19-22)15-10-14(17-18-15)11-5-4-6-12(9-11)20-23-13-7-2-1-3-8-13/h1-10,20,22H,(H,17,18)(H,19,21). The van der Waals surface area contributed by atoms with Crippen molar-refractivity contribution < 1.29 is 10.0 Å². The molecule has 2 aromatic carbocycles. The van der Waals surface area contributed by atoms with Gasteiger partial charge in [0.05, 0.1) is 5.69 Å². The van der Waals surface area contributed by atoms with Crippen molar-refractivity contribution >= 4 is 23.5 Å². The Morgan fingerprint density at radius 2 is 1.91 bits per heavy atom. The maximum atomic E-state index is 11.3. The van der Waals surface area contributed by atoms with Gasteiger partial charge in [-0.15, -0.1) is 0 Å². The van der Waals surface area contributed by atoms with Crippen LogP contribution in [0, 0.1) is 0 Å². The zero-order chi connectivity index (χ0) is 16.1. The lowest BCUT2D eigenvalue weighted by molar-refractivity contribution is 0.0700. The quantitative estimate of drug-likeness (QED) is 0.328. The highest BCUT2D eigenvalue weighted by molar-refractivity contribution is 8.00. The molecule has 116 valence electrons. The van der Waals surface area contributed by atoms with Crippen molar-refractivity contribution in [2.45, 2.75) is 4.90 Å². The molecule has 0 aliphatic rings. The SMILES string of the molecule is O=C(NO)c1cc(-c2cccc(NSc3ccccc3)c2)n[nH]1. The third-order valence-electron chi connectivity index (χ3n) is 3.11. The second-order valence-electron chi connectivity index (χ2n) is 4.71. The number of hydrogen-bond acceptors (Lipinski definition) is 5. The number of H-pyrrole nitrogens is 1. The van der Waals surface area contributed by atoms with Gasteiger partial charge in [0.25, 0.3) is 5.91 Å². The molecule has 0 spiro atoms. The highest BCUT2D eigenvalue weighted by atomic mass is 32.2. The molecule has 1 aromatic heterocycles. The summed E-state index contributed by atoms with van der Waals surface area (Å²) in [6, 6.07) is 19.3. The van der Waals surface area contributed by atoms with Gasteiger partial charge in [0.15, 0.2) is 0 Å². The first-order valence-corrected chi connectivity index (χ1v) is 7.66. The van der Waals surface area contributed by atoms with Crippen LogP contribution in [0.4, 0.5) is 5.69 Å². The van der Waals surface area contributed by atoms with Gasteiger partial charge in [-0.25, -0.2) is 5.48 Å². The van der Waals surface area contributed by atoms with Crippen LogP contribution in [0.25, 0.3) is 11.3 Å². The Hall–Kier alpha value is -2.77. The predicted molar refractivity (Wildman–Crippen MR) is 89.2 cm³/mol. The molecule has 1 heterocycles. The van der Waals surface area contributed by atoms with Gasteiger partial charge in [-0.1, -0.05) is 30.3 Å². The third kappa shape index (κ3) is 3.71. The van der Waals surface area contributed by atoms with Crippen molar-refractivity contribution in [2.24, 2.45) is 0 Å². The first-order valence-electron chi connectivity index (χ1n) is 6.84. The molecule has 3 aromatic rings. The molecular weight excluding hydrogens is 312 g/mol. The smallest absolute Gasteiger partial charge is 0.292 e. The largest absolute Gasteiger partial charge is 0.326 e. The van der Waals surface area contributed by atoms with E-state index in [4.69, 9.17) is 5.21 Å². The van der Waals surface area contributed by atoms with Gasteiger partial charge in [0.1, 0.15) is 5.69 Å². The Bertz CT molecular complexity index is 805. The molecule has 4 N–H and O–H groups in total. The van der Waals surface area contributed by atoms with Gasteiger partial charge >= 0.3 is 0 Å². The fourth-order valence-electron chi connectivity index (χ4n) is 1.99. The van der Waals surface area contributed by atoms with E-state index in [0.717, 1.165) is 16.1 Å². The van der Waals surface area contributed by atoms with E-state index in [0.29, 0.717) is 5.69 Å². The monoisotopic (exact) mass is 326 g/mol. The van der Waals surface area contributed by atoms with Gasteiger partial charge in [-0.3, -0.25) is 15.1 Å². The third-order valence-corrected chi connectivity index (χ3v) is 3.96. The van der Waals surface area contributed by atoms with Crippen molar-refractivity contribution in [1.29, 1.82) is 0 Å². The van der Waals surface area contributed by atoms with Crippen molar-refractivity contribution in [1.82, 2.24) is 15.7 Å². The fourth-order valence-corrected chi connectivity index (χ4v) is 2.65. The lowest BCUT2D eigenvalue weighted by atomic mass is 10.1. The first kappa shape index (κ1) is 15.1. The summed E-state index contributed by atoms with van der Waals surface area (Å²) in [5.41, 5.74) is 4.17. The summed E-state index contributed by atoms with van der Waals surface area (Å²) >= 11 is 1.52. The number of hydroxylamine groups is 1. The minimum atomic E-state index is -0.627. The highest BCUT2D eigenvalue weighted by Crippen LogP contribution is 2.25. The van der Waals surface area contributed by atoms with Crippen molar-refractivity contribution in [3.8, 4) is 11.3 Å². The summed E-state index contributed by atoms with van der Waals surface area (Å²) in [6.07, 6.45) is 0. The van der Waals surface area contributed by atoms with Crippen LogP contribution in [0.2, 0.25) is 0 Å². The van der Waals surface area contributed by atoms with Gasteiger partial charge in [-0.2, -0.15) is 5.10 Å². The molecule has 0 aliphatic heterocycles. The number of hydrogen-bond donors (Lipinski definition) is 4. The number of carbonyl (C=O) groups is 1. The fraction of sp³-hybridized carbons (Fsp3) is 0. The van der Waals surface area contributed by atoms with E-state index in [2.05, 4.69) is 14.9 Å². The van der Waals surface area contributed by atoms with Crippen molar-refractivity contribution in [3.05, 3.63) is 66.4 Å². The topological polar surface area (TPSA) is 90.0 Å². The number of rotatable bonds is 5. The normalized spacial score (nSPS) is 10.3. The molecule has 3 rings (SSSR count). The van der Waals surface area contributed by atoms with Crippen LogP contribution in [-0.2, 0) is 0 Å². The molecule has 0 radical (unpaired) electrons. The number of aromatic nitrogens is 2. The molecule has 0 saturated carbocycles. The zero-order valence-electron chi connectivity index (χ0n) is 12.0. The van der Waals surface area contributed by atoms with Gasteiger partial charge < -0.3 is 4.72 Å².